The summed E-state index contributed by atoms with van der Waals surface area (Å²) in [5.41, 5.74) is 0. The van der Waals surface area contributed by atoms with Crippen molar-refractivity contribution in [3.05, 3.63) is 60.8 Å². The van der Waals surface area contributed by atoms with Crippen molar-refractivity contribution in [3.63, 3.8) is 0 Å². The van der Waals surface area contributed by atoms with E-state index in [0.29, 0.717) is 13.0 Å². The normalized spacial score (nSPS) is 21.3. The third kappa shape index (κ3) is 28.9. The van der Waals surface area contributed by atoms with Crippen molar-refractivity contribution in [2.45, 2.75) is 198 Å². The summed E-state index contributed by atoms with van der Waals surface area (Å²) in [6.45, 7) is 4.36. The van der Waals surface area contributed by atoms with Crippen LogP contribution in [-0.4, -0.2) is 89.6 Å². The number of carbonyl (C=O) groups is 1. The van der Waals surface area contributed by atoms with Crippen LogP contribution in [0, 0.1) is 0 Å². The Kier molecular flexibility index (Phi) is 34.7. The summed E-state index contributed by atoms with van der Waals surface area (Å²) in [6, 6.07) is 0. The van der Waals surface area contributed by atoms with E-state index < -0.39 is 43.4 Å². The second kappa shape index (κ2) is 37.5. The number of carbonyl (C=O) groups excluding carboxylic acids is 1. The zero-order valence-electron chi connectivity index (χ0n) is 34.7. The van der Waals surface area contributed by atoms with Crippen molar-refractivity contribution in [1.29, 1.82) is 0 Å². The molecule has 0 saturated carbocycles. The van der Waals surface area contributed by atoms with E-state index in [-0.39, 0.29) is 25.6 Å². The molecular weight excluding hydrogens is 696 g/mol. The van der Waals surface area contributed by atoms with Gasteiger partial charge in [-0.1, -0.05) is 139 Å². The van der Waals surface area contributed by atoms with Crippen molar-refractivity contribution >= 4 is 5.97 Å². The maximum atomic E-state index is 12.7. The molecule has 1 heterocycles. The van der Waals surface area contributed by atoms with Crippen LogP contribution in [0.5, 0.6) is 0 Å². The number of aliphatic hydroxyl groups excluding tert-OH is 4. The van der Waals surface area contributed by atoms with Crippen LogP contribution in [0.1, 0.15) is 162 Å². The molecule has 0 aromatic heterocycles. The molecule has 0 radical (unpaired) electrons. The molecule has 4 N–H and O–H groups in total. The molecule has 1 rings (SSSR count). The van der Waals surface area contributed by atoms with E-state index >= 15 is 0 Å². The number of aliphatic hydroxyl groups is 4. The van der Waals surface area contributed by atoms with E-state index in [1.54, 1.807) is 0 Å². The topological polar surface area (TPSA) is 135 Å². The smallest absolute Gasteiger partial charge is 0.306 e. The number of unbranched alkanes of at least 4 members (excludes halogenated alkanes) is 15. The van der Waals surface area contributed by atoms with E-state index in [1.165, 1.54) is 70.6 Å². The van der Waals surface area contributed by atoms with Gasteiger partial charge in [0.15, 0.2) is 6.29 Å². The minimum atomic E-state index is -1.55. The molecule has 6 unspecified atom stereocenters. The average molecular weight is 777 g/mol. The van der Waals surface area contributed by atoms with Gasteiger partial charge < -0.3 is 39.4 Å². The van der Waals surface area contributed by atoms with Gasteiger partial charge in [-0.25, -0.2) is 0 Å². The van der Waals surface area contributed by atoms with E-state index in [9.17, 15) is 25.2 Å². The Balaban J connectivity index is 2.32. The van der Waals surface area contributed by atoms with Crippen LogP contribution in [0.3, 0.4) is 0 Å². The second-order valence-electron chi connectivity index (χ2n) is 14.8. The molecule has 9 heteroatoms. The Hall–Kier alpha value is -2.11. The fourth-order valence-electron chi connectivity index (χ4n) is 6.24. The molecule has 0 aromatic rings. The Morgan fingerprint density at radius 2 is 1.11 bits per heavy atom. The molecule has 1 aliphatic heterocycles. The Labute approximate surface area is 335 Å². The number of ether oxygens (including phenoxy) is 4. The monoisotopic (exact) mass is 777 g/mol. The summed E-state index contributed by atoms with van der Waals surface area (Å²) in [7, 11) is 0. The molecule has 318 valence electrons. The fraction of sp³-hybridized carbons (Fsp3) is 0.761. The lowest BCUT2D eigenvalue weighted by molar-refractivity contribution is -0.305. The first-order valence-electron chi connectivity index (χ1n) is 21.9. The van der Waals surface area contributed by atoms with E-state index in [2.05, 4.69) is 74.6 Å². The molecule has 0 aromatic carbocycles. The van der Waals surface area contributed by atoms with Crippen LogP contribution in [0.25, 0.3) is 0 Å². The number of allylic oxidation sites excluding steroid dienone is 10. The molecule has 1 aliphatic rings. The van der Waals surface area contributed by atoms with E-state index in [0.717, 1.165) is 64.2 Å². The van der Waals surface area contributed by atoms with Crippen LogP contribution in [0.4, 0.5) is 0 Å². The zero-order valence-corrected chi connectivity index (χ0v) is 34.7. The highest BCUT2D eigenvalue weighted by Crippen LogP contribution is 2.22. The summed E-state index contributed by atoms with van der Waals surface area (Å²) in [4.78, 5) is 12.7. The molecule has 55 heavy (non-hydrogen) atoms. The summed E-state index contributed by atoms with van der Waals surface area (Å²) in [5, 5.41) is 40.1. The van der Waals surface area contributed by atoms with Crippen molar-refractivity contribution in [3.8, 4) is 0 Å². The molecule has 0 bridgehead atoms. The van der Waals surface area contributed by atoms with Crippen LogP contribution < -0.4 is 0 Å². The fourth-order valence-corrected chi connectivity index (χ4v) is 6.24. The van der Waals surface area contributed by atoms with E-state index in [1.807, 2.05) is 0 Å². The largest absolute Gasteiger partial charge is 0.457 e. The lowest BCUT2D eigenvalue weighted by atomic mass is 9.99. The highest BCUT2D eigenvalue weighted by atomic mass is 16.7. The molecule has 1 fully saturated rings. The van der Waals surface area contributed by atoms with Crippen molar-refractivity contribution in [2.75, 3.05) is 26.4 Å². The van der Waals surface area contributed by atoms with Gasteiger partial charge in [0.1, 0.15) is 30.5 Å². The van der Waals surface area contributed by atoms with E-state index in [4.69, 9.17) is 18.9 Å². The van der Waals surface area contributed by atoms with Crippen molar-refractivity contribution in [2.24, 2.45) is 0 Å². The molecule has 0 amide bonds. The van der Waals surface area contributed by atoms with Gasteiger partial charge in [-0.05, 0) is 77.0 Å². The molecule has 9 nitrogen and oxygen atoms in total. The lowest BCUT2D eigenvalue weighted by Gasteiger charge is -2.39. The maximum absolute atomic E-state index is 12.7. The average Bonchev–Trinajstić information content (AvgIpc) is 3.18. The third-order valence-electron chi connectivity index (χ3n) is 9.67. The standard InChI is InChI=1S/C46H80O9/c1-3-5-7-9-11-13-15-17-19-20-22-24-26-28-30-32-34-36-52-38-40(39-53-46-45(51)44(50)43(49)41(37-47)55-46)54-42(48)35-33-31-29-27-25-23-21-18-16-14-12-10-8-6-4-2/h6,8,12,14,18-21,25,27,40-41,43-47,49-51H,3-5,7,9-11,13,15-17,22-24,26,28-39H2,1-2H3/b8-6-,14-12-,20-19-,21-18-,27-25-. The minimum absolute atomic E-state index is 0.121. The maximum Gasteiger partial charge on any atom is 0.306 e. The van der Waals surface area contributed by atoms with Gasteiger partial charge in [0.05, 0.1) is 19.8 Å². The first-order valence-corrected chi connectivity index (χ1v) is 21.9. The number of hydrogen-bond acceptors (Lipinski definition) is 9. The summed E-state index contributed by atoms with van der Waals surface area (Å²) >= 11 is 0. The van der Waals surface area contributed by atoms with Crippen molar-refractivity contribution in [1.82, 2.24) is 0 Å². The highest BCUT2D eigenvalue weighted by Gasteiger charge is 2.44. The van der Waals surface area contributed by atoms with Crippen molar-refractivity contribution < 1.29 is 44.2 Å². The van der Waals surface area contributed by atoms with Gasteiger partial charge in [0.25, 0.3) is 0 Å². The second-order valence-corrected chi connectivity index (χ2v) is 14.8. The molecule has 6 atom stereocenters. The highest BCUT2D eigenvalue weighted by molar-refractivity contribution is 5.69. The SMILES string of the molecule is CC/C=C\C/C=C\C/C=C\C/C=C\CCCCC(=O)OC(COCCCCCCCC/C=C\CCCCCCCCC)COC1OC(CO)C(O)C(O)C1O. The van der Waals surface area contributed by atoms with Gasteiger partial charge in [0.2, 0.25) is 0 Å². The number of hydrogen-bond donors (Lipinski definition) is 4. The van der Waals surface area contributed by atoms with Gasteiger partial charge >= 0.3 is 5.97 Å². The molecule has 1 saturated heterocycles. The number of esters is 1. The van der Waals surface area contributed by atoms with Gasteiger partial charge in [-0.15, -0.1) is 0 Å². The molecular formula is C46H80O9. The zero-order chi connectivity index (χ0) is 40.0. The van der Waals surface area contributed by atoms with Crippen LogP contribution >= 0.6 is 0 Å². The van der Waals surface area contributed by atoms with Crippen LogP contribution in [-0.2, 0) is 23.7 Å². The Morgan fingerprint density at radius 1 is 0.600 bits per heavy atom. The van der Waals surface area contributed by atoms with Gasteiger partial charge in [-0.2, -0.15) is 0 Å². The van der Waals surface area contributed by atoms with Gasteiger partial charge in [-0.3, -0.25) is 4.79 Å². The number of rotatable bonds is 36. The quantitative estimate of drug-likeness (QED) is 0.0279. The lowest BCUT2D eigenvalue weighted by Crippen LogP contribution is -2.59. The Morgan fingerprint density at radius 3 is 1.69 bits per heavy atom. The van der Waals surface area contributed by atoms with Crippen LogP contribution in [0.2, 0.25) is 0 Å². The molecule has 0 aliphatic carbocycles. The predicted octanol–water partition coefficient (Wildman–Crippen LogP) is 9.52. The first-order chi connectivity index (χ1) is 26.9. The van der Waals surface area contributed by atoms with Crippen LogP contribution in [0.15, 0.2) is 60.8 Å². The summed E-state index contributed by atoms with van der Waals surface area (Å²) < 4.78 is 22.7. The first kappa shape index (κ1) is 50.9. The summed E-state index contributed by atoms with van der Waals surface area (Å²) in [5.74, 6) is -0.358. The Bertz CT molecular complexity index is 1020. The summed E-state index contributed by atoms with van der Waals surface area (Å²) in [6.07, 6.45) is 39.6. The van der Waals surface area contributed by atoms with Gasteiger partial charge in [0, 0.05) is 13.0 Å². The molecule has 0 spiro atoms. The third-order valence-corrected chi connectivity index (χ3v) is 9.67. The predicted molar refractivity (Wildman–Crippen MR) is 224 cm³/mol. The minimum Gasteiger partial charge on any atom is -0.457 e.